The lowest BCUT2D eigenvalue weighted by molar-refractivity contribution is -0.137. The molecule has 106 valence electrons. The average Bonchev–Trinajstić information content (AvgIpc) is 2.85. The van der Waals surface area contributed by atoms with E-state index < -0.39 is 5.97 Å². The fourth-order valence-corrected chi connectivity index (χ4v) is 2.41. The summed E-state index contributed by atoms with van der Waals surface area (Å²) in [5.74, 6) is -1.06. The zero-order chi connectivity index (χ0) is 14.4. The van der Waals surface area contributed by atoms with Gasteiger partial charge in [-0.1, -0.05) is 23.5 Å². The van der Waals surface area contributed by atoms with Crippen molar-refractivity contribution in [3.63, 3.8) is 0 Å². The molecule has 1 aromatic carbocycles. The van der Waals surface area contributed by atoms with E-state index in [1.54, 1.807) is 12.1 Å². The van der Waals surface area contributed by atoms with Gasteiger partial charge in [-0.15, -0.1) is 10.2 Å². The van der Waals surface area contributed by atoms with Crippen LogP contribution in [0, 0.1) is 5.82 Å². The second-order valence-corrected chi connectivity index (χ2v) is 5.29. The number of carboxylic acid groups (broad SMARTS) is 1. The molecule has 1 heterocycles. The van der Waals surface area contributed by atoms with Gasteiger partial charge in [-0.2, -0.15) is 0 Å². The third-order valence-corrected chi connectivity index (χ3v) is 3.46. The number of nitrogens with zero attached hydrogens (tertiary/aromatic N) is 2. The molecule has 0 bridgehead atoms. The first-order valence-corrected chi connectivity index (χ1v) is 6.97. The summed E-state index contributed by atoms with van der Waals surface area (Å²) in [5, 5.41) is 21.1. The number of hydrogen-bond donors (Lipinski definition) is 2. The molecule has 2 N–H and O–H groups in total. The smallest absolute Gasteiger partial charge is 0.303 e. The van der Waals surface area contributed by atoms with Crippen molar-refractivity contribution in [3.05, 3.63) is 40.7 Å². The Labute approximate surface area is 119 Å². The summed E-state index contributed by atoms with van der Waals surface area (Å²) in [6, 6.07) is 6.27. The predicted molar refractivity (Wildman–Crippen MR) is 74.5 cm³/mol. The zero-order valence-electron chi connectivity index (χ0n) is 10.7. The van der Waals surface area contributed by atoms with Gasteiger partial charge in [0.2, 0.25) is 5.13 Å². The molecule has 7 heteroatoms. The molecule has 0 aliphatic carbocycles. The standard InChI is InChI=1S/C13H14FN3O2S/c14-10-5-3-9(4-6-10)8-11-16-17-13(20-11)15-7-1-2-12(18)19/h3-6H,1-2,7-8H2,(H,15,17)(H,18,19). The van der Waals surface area contributed by atoms with E-state index in [0.29, 0.717) is 24.5 Å². The number of rotatable bonds is 7. The number of nitrogens with one attached hydrogen (secondary N) is 1. The molecule has 0 saturated heterocycles. The van der Waals surface area contributed by atoms with Crippen LogP contribution >= 0.6 is 11.3 Å². The molecular formula is C13H14FN3O2S. The second-order valence-electron chi connectivity index (χ2n) is 4.23. The highest BCUT2D eigenvalue weighted by Crippen LogP contribution is 2.18. The second kappa shape index (κ2) is 6.95. The third kappa shape index (κ3) is 4.58. The van der Waals surface area contributed by atoms with Crippen LogP contribution in [-0.2, 0) is 11.2 Å². The topological polar surface area (TPSA) is 75.1 Å². The van der Waals surface area contributed by atoms with Gasteiger partial charge in [-0.3, -0.25) is 4.79 Å². The Morgan fingerprint density at radius 2 is 2.05 bits per heavy atom. The van der Waals surface area contributed by atoms with Gasteiger partial charge in [-0.25, -0.2) is 4.39 Å². The lowest BCUT2D eigenvalue weighted by Gasteiger charge is -1.99. The van der Waals surface area contributed by atoms with E-state index in [0.717, 1.165) is 10.6 Å². The average molecular weight is 295 g/mol. The van der Waals surface area contributed by atoms with E-state index in [2.05, 4.69) is 15.5 Å². The number of anilines is 1. The molecule has 0 saturated carbocycles. The first-order valence-electron chi connectivity index (χ1n) is 6.16. The lowest BCUT2D eigenvalue weighted by Crippen LogP contribution is -2.04. The molecule has 5 nitrogen and oxygen atoms in total. The fourth-order valence-electron chi connectivity index (χ4n) is 1.61. The van der Waals surface area contributed by atoms with Crippen LogP contribution in [0.3, 0.4) is 0 Å². The normalized spacial score (nSPS) is 10.4. The highest BCUT2D eigenvalue weighted by Gasteiger charge is 2.05. The van der Waals surface area contributed by atoms with Gasteiger partial charge < -0.3 is 10.4 Å². The molecule has 0 fully saturated rings. The molecule has 0 atom stereocenters. The maximum Gasteiger partial charge on any atom is 0.303 e. The van der Waals surface area contributed by atoms with E-state index in [-0.39, 0.29) is 12.2 Å². The van der Waals surface area contributed by atoms with Gasteiger partial charge in [0.25, 0.3) is 0 Å². The summed E-state index contributed by atoms with van der Waals surface area (Å²) >= 11 is 1.42. The number of hydrogen-bond acceptors (Lipinski definition) is 5. The fraction of sp³-hybridized carbons (Fsp3) is 0.308. The molecule has 0 aliphatic heterocycles. The minimum Gasteiger partial charge on any atom is -0.481 e. The van der Waals surface area contributed by atoms with Crippen LogP contribution in [0.4, 0.5) is 9.52 Å². The minimum atomic E-state index is -0.805. The largest absolute Gasteiger partial charge is 0.481 e. The highest BCUT2D eigenvalue weighted by atomic mass is 32.1. The van der Waals surface area contributed by atoms with Gasteiger partial charge in [0.05, 0.1) is 0 Å². The van der Waals surface area contributed by atoms with Gasteiger partial charge in [0.1, 0.15) is 10.8 Å². The van der Waals surface area contributed by atoms with E-state index in [1.807, 2.05) is 0 Å². The van der Waals surface area contributed by atoms with Gasteiger partial charge in [0, 0.05) is 19.4 Å². The minimum absolute atomic E-state index is 0.133. The Balaban J connectivity index is 1.82. The molecule has 0 spiro atoms. The molecule has 0 radical (unpaired) electrons. The van der Waals surface area contributed by atoms with Crippen molar-refractivity contribution < 1.29 is 14.3 Å². The quantitative estimate of drug-likeness (QED) is 0.768. The summed E-state index contributed by atoms with van der Waals surface area (Å²) < 4.78 is 12.8. The van der Waals surface area contributed by atoms with Crippen LogP contribution in [0.1, 0.15) is 23.4 Å². The Kier molecular flexibility index (Phi) is 5.00. The summed E-state index contributed by atoms with van der Waals surface area (Å²) in [6.07, 6.45) is 1.28. The Morgan fingerprint density at radius 1 is 1.30 bits per heavy atom. The number of carboxylic acids is 1. The van der Waals surface area contributed by atoms with Crippen molar-refractivity contribution in [1.29, 1.82) is 0 Å². The van der Waals surface area contributed by atoms with Crippen LogP contribution in [0.5, 0.6) is 0 Å². The monoisotopic (exact) mass is 295 g/mol. The maximum atomic E-state index is 12.8. The van der Waals surface area contributed by atoms with Crippen molar-refractivity contribution in [1.82, 2.24) is 10.2 Å². The van der Waals surface area contributed by atoms with Gasteiger partial charge in [-0.05, 0) is 24.1 Å². The van der Waals surface area contributed by atoms with Crippen LogP contribution in [0.2, 0.25) is 0 Å². The summed E-state index contributed by atoms with van der Waals surface area (Å²) in [7, 11) is 0. The van der Waals surface area contributed by atoms with E-state index in [1.165, 1.54) is 23.5 Å². The summed E-state index contributed by atoms with van der Waals surface area (Å²) in [4.78, 5) is 10.4. The molecule has 0 aliphatic rings. The maximum absolute atomic E-state index is 12.8. The molecule has 2 aromatic rings. The molecular weight excluding hydrogens is 281 g/mol. The lowest BCUT2D eigenvalue weighted by atomic mass is 10.2. The van der Waals surface area contributed by atoms with E-state index in [4.69, 9.17) is 5.11 Å². The summed E-state index contributed by atoms with van der Waals surface area (Å²) in [6.45, 7) is 0.553. The number of aromatic nitrogens is 2. The van der Waals surface area contributed by atoms with E-state index >= 15 is 0 Å². The number of benzene rings is 1. The van der Waals surface area contributed by atoms with Crippen LogP contribution in [0.25, 0.3) is 0 Å². The molecule has 0 unspecified atom stereocenters. The Hall–Kier alpha value is -2.02. The third-order valence-electron chi connectivity index (χ3n) is 2.58. The van der Waals surface area contributed by atoms with Crippen molar-refractivity contribution in [2.24, 2.45) is 0 Å². The first-order chi connectivity index (χ1) is 9.63. The van der Waals surface area contributed by atoms with Crippen molar-refractivity contribution in [3.8, 4) is 0 Å². The molecule has 1 aromatic heterocycles. The van der Waals surface area contributed by atoms with Crippen LogP contribution < -0.4 is 5.32 Å². The van der Waals surface area contributed by atoms with Crippen molar-refractivity contribution in [2.75, 3.05) is 11.9 Å². The van der Waals surface area contributed by atoms with Crippen LogP contribution in [-0.4, -0.2) is 27.8 Å². The van der Waals surface area contributed by atoms with Crippen molar-refractivity contribution >= 4 is 22.4 Å². The molecule has 0 amide bonds. The SMILES string of the molecule is O=C(O)CCCNc1nnc(Cc2ccc(F)cc2)s1. The van der Waals surface area contributed by atoms with Crippen molar-refractivity contribution in [2.45, 2.75) is 19.3 Å². The highest BCUT2D eigenvalue weighted by molar-refractivity contribution is 7.15. The Bertz CT molecular complexity index is 571. The van der Waals surface area contributed by atoms with E-state index in [9.17, 15) is 9.18 Å². The Morgan fingerprint density at radius 3 is 2.75 bits per heavy atom. The number of carbonyl (C=O) groups is 1. The zero-order valence-corrected chi connectivity index (χ0v) is 11.5. The number of aliphatic carboxylic acids is 1. The molecule has 2 rings (SSSR count). The first kappa shape index (κ1) is 14.4. The predicted octanol–water partition coefficient (Wildman–Crippen LogP) is 2.54. The number of halogens is 1. The van der Waals surface area contributed by atoms with Gasteiger partial charge in [0.15, 0.2) is 0 Å². The van der Waals surface area contributed by atoms with Crippen LogP contribution in [0.15, 0.2) is 24.3 Å². The van der Waals surface area contributed by atoms with Gasteiger partial charge >= 0.3 is 5.97 Å². The summed E-state index contributed by atoms with van der Waals surface area (Å²) in [5.41, 5.74) is 0.972. The molecule has 20 heavy (non-hydrogen) atoms.